The van der Waals surface area contributed by atoms with Crippen LogP contribution in [-0.4, -0.2) is 49.3 Å². The second-order valence-electron chi connectivity index (χ2n) is 6.32. The quantitative estimate of drug-likeness (QED) is 0.240. The molecular weight excluding hydrogens is 453 g/mol. The Morgan fingerprint density at radius 2 is 1.88 bits per heavy atom. The lowest BCUT2D eigenvalue weighted by Gasteiger charge is -2.19. The Bertz CT molecular complexity index is 543. The molecule has 0 aliphatic rings. The average Bonchev–Trinajstić information content (AvgIpc) is 2.88. The first-order valence-electron chi connectivity index (χ1n) is 8.13. The minimum Gasteiger partial charge on any atom is -0.444 e. The molecule has 0 aliphatic heterocycles. The highest BCUT2D eigenvalue weighted by molar-refractivity contribution is 14.0. The van der Waals surface area contributed by atoms with Gasteiger partial charge in [0.1, 0.15) is 5.60 Å². The van der Waals surface area contributed by atoms with Crippen molar-refractivity contribution in [2.75, 3.05) is 26.7 Å². The Balaban J connectivity index is 0.00000576. The number of aliphatic imine (C=N–C) groups is 1. The van der Waals surface area contributed by atoms with Crippen molar-refractivity contribution in [1.82, 2.24) is 20.9 Å². The molecule has 0 aliphatic carbocycles. The molecule has 0 aromatic carbocycles. The molecule has 25 heavy (non-hydrogen) atoms. The van der Waals surface area contributed by atoms with Crippen molar-refractivity contribution in [1.29, 1.82) is 0 Å². The lowest BCUT2D eigenvalue weighted by molar-refractivity contribution is 0.0527. The van der Waals surface area contributed by atoms with Crippen LogP contribution in [0.15, 0.2) is 11.2 Å². The fourth-order valence-corrected chi connectivity index (χ4v) is 2.61. The molecular formula is C16H30IN5O2S. The van der Waals surface area contributed by atoms with E-state index < -0.39 is 5.60 Å². The number of nitrogens with one attached hydrogen (secondary N) is 3. The van der Waals surface area contributed by atoms with Crippen LogP contribution in [0.3, 0.4) is 0 Å². The number of aryl methyl sites for hydroxylation is 1. The average molecular weight is 483 g/mol. The van der Waals surface area contributed by atoms with Crippen molar-refractivity contribution in [3.63, 3.8) is 0 Å². The van der Waals surface area contributed by atoms with Crippen molar-refractivity contribution in [3.05, 3.63) is 16.1 Å². The van der Waals surface area contributed by atoms with E-state index in [-0.39, 0.29) is 30.1 Å². The molecule has 0 radical (unpaired) electrons. The highest BCUT2D eigenvalue weighted by Crippen LogP contribution is 2.10. The van der Waals surface area contributed by atoms with E-state index in [0.717, 1.165) is 30.4 Å². The van der Waals surface area contributed by atoms with E-state index in [4.69, 9.17) is 4.74 Å². The van der Waals surface area contributed by atoms with Gasteiger partial charge >= 0.3 is 6.09 Å². The molecule has 1 heterocycles. The number of aromatic nitrogens is 1. The molecule has 9 heteroatoms. The standard InChI is InChI=1S/C16H29N5O2S.HI/c1-12-11-21-13(24-12)7-10-19-14(17-5)18-8-6-9-20-15(22)23-16(2,3)4;/h11H,6-10H2,1-5H3,(H,20,22)(H2,17,18,19);1H. The van der Waals surface area contributed by atoms with Gasteiger partial charge in [-0.15, -0.1) is 35.3 Å². The third-order valence-electron chi connectivity index (χ3n) is 2.84. The minimum absolute atomic E-state index is 0. The second-order valence-corrected chi connectivity index (χ2v) is 7.64. The number of halogens is 1. The van der Waals surface area contributed by atoms with E-state index in [1.54, 1.807) is 18.4 Å². The summed E-state index contributed by atoms with van der Waals surface area (Å²) in [6, 6.07) is 0. The van der Waals surface area contributed by atoms with Gasteiger partial charge in [0.25, 0.3) is 0 Å². The molecule has 7 nitrogen and oxygen atoms in total. The van der Waals surface area contributed by atoms with Crippen LogP contribution >= 0.6 is 35.3 Å². The predicted molar refractivity (Wildman–Crippen MR) is 114 cm³/mol. The van der Waals surface area contributed by atoms with E-state index in [1.807, 2.05) is 27.0 Å². The number of thiazole rings is 1. The van der Waals surface area contributed by atoms with Crippen LogP contribution in [0.2, 0.25) is 0 Å². The third-order valence-corrected chi connectivity index (χ3v) is 3.81. The number of nitrogens with zero attached hydrogens (tertiary/aromatic N) is 2. The SMILES string of the molecule is CN=C(NCCCNC(=O)OC(C)(C)C)NCCc1ncc(C)s1.I. The van der Waals surface area contributed by atoms with E-state index >= 15 is 0 Å². The van der Waals surface area contributed by atoms with Crippen LogP contribution in [0, 0.1) is 6.92 Å². The van der Waals surface area contributed by atoms with Gasteiger partial charge < -0.3 is 20.7 Å². The van der Waals surface area contributed by atoms with Crippen molar-refractivity contribution in [2.24, 2.45) is 4.99 Å². The highest BCUT2D eigenvalue weighted by Gasteiger charge is 2.15. The Labute approximate surface area is 171 Å². The molecule has 0 unspecified atom stereocenters. The Hall–Kier alpha value is -1.10. The Morgan fingerprint density at radius 1 is 1.24 bits per heavy atom. The lowest BCUT2D eigenvalue weighted by Crippen LogP contribution is -2.40. The predicted octanol–water partition coefficient (Wildman–Crippen LogP) is 2.69. The summed E-state index contributed by atoms with van der Waals surface area (Å²) >= 11 is 1.71. The molecule has 1 rings (SSSR count). The number of carbonyl (C=O) groups excluding carboxylic acids is 1. The monoisotopic (exact) mass is 483 g/mol. The smallest absolute Gasteiger partial charge is 0.407 e. The van der Waals surface area contributed by atoms with Crippen molar-refractivity contribution in [2.45, 2.75) is 46.1 Å². The number of amides is 1. The number of hydrogen-bond acceptors (Lipinski definition) is 5. The molecule has 1 aromatic rings. The summed E-state index contributed by atoms with van der Waals surface area (Å²) in [6.45, 7) is 9.64. The van der Waals surface area contributed by atoms with Gasteiger partial charge in [-0.1, -0.05) is 0 Å². The normalized spacial score (nSPS) is 11.5. The van der Waals surface area contributed by atoms with Crippen LogP contribution in [0.5, 0.6) is 0 Å². The number of rotatable bonds is 7. The third kappa shape index (κ3) is 12.0. The lowest BCUT2D eigenvalue weighted by atomic mass is 10.2. The summed E-state index contributed by atoms with van der Waals surface area (Å²) in [6.07, 6.45) is 3.17. The number of ether oxygens (including phenoxy) is 1. The summed E-state index contributed by atoms with van der Waals surface area (Å²) in [5, 5.41) is 10.3. The maximum Gasteiger partial charge on any atom is 0.407 e. The molecule has 0 atom stereocenters. The summed E-state index contributed by atoms with van der Waals surface area (Å²) in [5.41, 5.74) is -0.468. The van der Waals surface area contributed by atoms with Gasteiger partial charge in [0, 0.05) is 44.2 Å². The summed E-state index contributed by atoms with van der Waals surface area (Å²) in [5.74, 6) is 0.751. The van der Waals surface area contributed by atoms with E-state index in [0.29, 0.717) is 13.1 Å². The molecule has 1 amide bonds. The summed E-state index contributed by atoms with van der Waals surface area (Å²) < 4.78 is 5.17. The topological polar surface area (TPSA) is 87.6 Å². The van der Waals surface area contributed by atoms with Crippen LogP contribution < -0.4 is 16.0 Å². The Morgan fingerprint density at radius 3 is 2.44 bits per heavy atom. The fraction of sp³-hybridized carbons (Fsp3) is 0.688. The van der Waals surface area contributed by atoms with E-state index in [9.17, 15) is 4.79 Å². The van der Waals surface area contributed by atoms with Crippen molar-refractivity contribution < 1.29 is 9.53 Å². The summed E-state index contributed by atoms with van der Waals surface area (Å²) in [7, 11) is 1.74. The Kier molecular flexibility index (Phi) is 11.7. The maximum atomic E-state index is 11.5. The van der Waals surface area contributed by atoms with Crippen LogP contribution in [-0.2, 0) is 11.2 Å². The molecule has 0 saturated heterocycles. The molecule has 0 spiro atoms. The van der Waals surface area contributed by atoms with Gasteiger partial charge in [-0.25, -0.2) is 9.78 Å². The molecule has 0 fully saturated rings. The molecule has 144 valence electrons. The number of carbonyl (C=O) groups is 1. The summed E-state index contributed by atoms with van der Waals surface area (Å²) in [4.78, 5) is 21.2. The second kappa shape index (κ2) is 12.3. The van der Waals surface area contributed by atoms with Gasteiger partial charge in [-0.3, -0.25) is 4.99 Å². The van der Waals surface area contributed by atoms with Gasteiger partial charge in [0.2, 0.25) is 0 Å². The van der Waals surface area contributed by atoms with E-state index in [1.165, 1.54) is 4.88 Å². The number of hydrogen-bond donors (Lipinski definition) is 3. The van der Waals surface area contributed by atoms with Crippen LogP contribution in [0.4, 0.5) is 4.79 Å². The van der Waals surface area contributed by atoms with E-state index in [2.05, 4.69) is 32.9 Å². The van der Waals surface area contributed by atoms with Gasteiger partial charge in [0.15, 0.2) is 5.96 Å². The molecule has 0 bridgehead atoms. The van der Waals surface area contributed by atoms with Crippen molar-refractivity contribution >= 4 is 47.4 Å². The molecule has 0 saturated carbocycles. The first-order valence-corrected chi connectivity index (χ1v) is 8.94. The largest absolute Gasteiger partial charge is 0.444 e. The fourth-order valence-electron chi connectivity index (χ4n) is 1.83. The zero-order chi connectivity index (χ0) is 18.0. The zero-order valence-electron chi connectivity index (χ0n) is 15.6. The zero-order valence-corrected chi connectivity index (χ0v) is 18.8. The first kappa shape index (κ1) is 23.9. The van der Waals surface area contributed by atoms with Gasteiger partial charge in [-0.2, -0.15) is 0 Å². The van der Waals surface area contributed by atoms with Crippen LogP contribution in [0.1, 0.15) is 37.1 Å². The maximum absolute atomic E-state index is 11.5. The minimum atomic E-state index is -0.468. The number of guanidine groups is 1. The van der Waals surface area contributed by atoms with Gasteiger partial charge in [0.05, 0.1) is 5.01 Å². The number of alkyl carbamates (subject to hydrolysis) is 1. The van der Waals surface area contributed by atoms with Crippen molar-refractivity contribution in [3.8, 4) is 0 Å². The first-order chi connectivity index (χ1) is 11.3. The van der Waals surface area contributed by atoms with Gasteiger partial charge in [-0.05, 0) is 34.1 Å². The van der Waals surface area contributed by atoms with Crippen LogP contribution in [0.25, 0.3) is 0 Å². The molecule has 3 N–H and O–H groups in total. The molecule has 1 aromatic heterocycles. The highest BCUT2D eigenvalue weighted by atomic mass is 127.